The van der Waals surface area contributed by atoms with Crippen molar-refractivity contribution in [1.29, 1.82) is 0 Å². The average molecular weight is 685 g/mol. The number of para-hydroxylation sites is 1. The third kappa shape index (κ3) is 13.6. The second-order valence-corrected chi connectivity index (χ2v) is 15.9. The highest BCUT2D eigenvalue weighted by Gasteiger charge is 2.27. The summed E-state index contributed by atoms with van der Waals surface area (Å²) in [6.45, 7) is 13.8. The van der Waals surface area contributed by atoms with E-state index in [1.807, 2.05) is 89.2 Å². The molecule has 0 saturated carbocycles. The minimum absolute atomic E-state index is 0.0839. The molecule has 9 nitrogen and oxygen atoms in total. The van der Waals surface area contributed by atoms with Gasteiger partial charge in [-0.1, -0.05) is 83.1 Å². The van der Waals surface area contributed by atoms with E-state index in [2.05, 4.69) is 23.6 Å². The fourth-order valence-electron chi connectivity index (χ4n) is 4.99. The number of hydrogen-bond donors (Lipinski definition) is 3. The van der Waals surface area contributed by atoms with Crippen LogP contribution >= 0.6 is 21.6 Å². The maximum atomic E-state index is 13.3. The van der Waals surface area contributed by atoms with Crippen LogP contribution < -0.4 is 21.3 Å². The van der Waals surface area contributed by atoms with Crippen LogP contribution in [-0.4, -0.2) is 66.4 Å². The number of hydrogen-bond acceptors (Lipinski definition) is 8. The number of nitrogens with zero attached hydrogens (tertiary/aromatic N) is 1. The van der Waals surface area contributed by atoms with Crippen LogP contribution in [-0.2, 0) is 25.6 Å². The molecule has 0 aromatic heterocycles. The number of amides is 3. The number of rotatable bonds is 17. The summed E-state index contributed by atoms with van der Waals surface area (Å²) < 4.78 is 11.4. The van der Waals surface area contributed by atoms with Gasteiger partial charge in [-0.2, -0.15) is 0 Å². The van der Waals surface area contributed by atoms with Crippen molar-refractivity contribution in [3.8, 4) is 0 Å². The molecule has 1 aliphatic heterocycles. The predicted octanol–water partition coefficient (Wildman–Crippen LogP) is 6.65. The van der Waals surface area contributed by atoms with Crippen molar-refractivity contribution in [2.45, 2.75) is 84.5 Å². The molecule has 1 heterocycles. The highest BCUT2D eigenvalue weighted by Crippen LogP contribution is 2.29. The Balaban J connectivity index is 1.27. The lowest BCUT2D eigenvalue weighted by atomic mass is 9.90. The molecule has 0 bridgehead atoms. The molecule has 258 valence electrons. The summed E-state index contributed by atoms with van der Waals surface area (Å²) in [6, 6.07) is 15.8. The normalized spacial score (nSPS) is 14.9. The minimum atomic E-state index is -0.447. The molecule has 3 rings (SSSR count). The highest BCUT2D eigenvalue weighted by molar-refractivity contribution is 8.76. The molecule has 47 heavy (non-hydrogen) atoms. The zero-order chi connectivity index (χ0) is 34.5. The summed E-state index contributed by atoms with van der Waals surface area (Å²) in [5.41, 5.74) is 9.40. The van der Waals surface area contributed by atoms with Crippen LogP contribution in [0.15, 0.2) is 48.5 Å². The van der Waals surface area contributed by atoms with E-state index in [0.717, 1.165) is 22.4 Å². The number of benzene rings is 2. The summed E-state index contributed by atoms with van der Waals surface area (Å²) >= 11 is 0. The lowest BCUT2D eigenvalue weighted by molar-refractivity contribution is -0.125. The Morgan fingerprint density at radius 3 is 2.34 bits per heavy atom. The zero-order valence-electron chi connectivity index (χ0n) is 28.7. The molecule has 2 atom stereocenters. The summed E-state index contributed by atoms with van der Waals surface area (Å²) in [5, 5.41) is 5.78. The molecule has 1 aliphatic rings. The first-order valence-electron chi connectivity index (χ1n) is 16.3. The SMILES string of the molecule is CC(CC(C)(C)OCC(C)C(C)(C)N)NC(=O)OCCSSCCNC(=O)CCC(=O)N1Cc2ccccc2/C=C\c2ccccc21. The smallest absolute Gasteiger partial charge is 0.407 e. The van der Waals surface area contributed by atoms with Crippen molar-refractivity contribution in [2.75, 3.05) is 36.2 Å². The van der Waals surface area contributed by atoms with Crippen molar-refractivity contribution in [3.63, 3.8) is 0 Å². The Morgan fingerprint density at radius 1 is 0.936 bits per heavy atom. The van der Waals surface area contributed by atoms with Gasteiger partial charge in [-0.25, -0.2) is 4.79 Å². The van der Waals surface area contributed by atoms with E-state index in [1.165, 1.54) is 0 Å². The monoisotopic (exact) mass is 684 g/mol. The van der Waals surface area contributed by atoms with Crippen molar-refractivity contribution in [3.05, 3.63) is 65.2 Å². The van der Waals surface area contributed by atoms with Gasteiger partial charge < -0.3 is 30.7 Å². The number of carbonyl (C=O) groups is 3. The molecule has 0 fully saturated rings. The highest BCUT2D eigenvalue weighted by atomic mass is 33.1. The second-order valence-electron chi connectivity index (χ2n) is 13.2. The van der Waals surface area contributed by atoms with Gasteiger partial charge in [0.25, 0.3) is 0 Å². The molecule has 2 aromatic rings. The van der Waals surface area contributed by atoms with Crippen LogP contribution in [0.3, 0.4) is 0 Å². The van der Waals surface area contributed by atoms with E-state index < -0.39 is 11.7 Å². The number of alkyl carbamates (subject to hydrolysis) is 1. The molecule has 4 N–H and O–H groups in total. The third-order valence-electron chi connectivity index (χ3n) is 8.07. The molecule has 0 radical (unpaired) electrons. The largest absolute Gasteiger partial charge is 0.449 e. The van der Waals surface area contributed by atoms with Crippen LogP contribution in [0.5, 0.6) is 0 Å². The summed E-state index contributed by atoms with van der Waals surface area (Å²) in [7, 11) is 3.18. The van der Waals surface area contributed by atoms with E-state index >= 15 is 0 Å². The Labute approximate surface area is 288 Å². The quantitative estimate of drug-likeness (QED) is 0.125. The summed E-state index contributed by atoms with van der Waals surface area (Å²) in [4.78, 5) is 39.8. The molecule has 11 heteroatoms. The molecule has 2 unspecified atom stereocenters. The first-order chi connectivity index (χ1) is 22.2. The fourth-order valence-corrected chi connectivity index (χ4v) is 6.72. The van der Waals surface area contributed by atoms with Crippen molar-refractivity contribution < 1.29 is 23.9 Å². The van der Waals surface area contributed by atoms with Crippen molar-refractivity contribution in [2.24, 2.45) is 11.7 Å². The van der Waals surface area contributed by atoms with Gasteiger partial charge in [0.05, 0.1) is 24.4 Å². The number of fused-ring (bicyclic) bond motifs is 2. The predicted molar refractivity (Wildman–Crippen MR) is 196 cm³/mol. The molecule has 3 amide bonds. The van der Waals surface area contributed by atoms with Crippen LogP contribution in [0.25, 0.3) is 12.2 Å². The van der Waals surface area contributed by atoms with Crippen LogP contribution in [0.1, 0.15) is 77.5 Å². The summed E-state index contributed by atoms with van der Waals surface area (Å²) in [6.07, 6.45) is 4.56. The lowest BCUT2D eigenvalue weighted by Gasteiger charge is -2.33. The van der Waals surface area contributed by atoms with Crippen molar-refractivity contribution in [1.82, 2.24) is 10.6 Å². The average Bonchev–Trinajstić information content (AvgIpc) is 3.00. The van der Waals surface area contributed by atoms with Gasteiger partial charge in [-0.3, -0.25) is 9.59 Å². The van der Waals surface area contributed by atoms with Gasteiger partial charge in [-0.05, 0) is 69.7 Å². The number of nitrogens with two attached hydrogens (primary N) is 1. The Morgan fingerprint density at radius 2 is 1.60 bits per heavy atom. The number of carbonyl (C=O) groups excluding carboxylic acids is 3. The minimum Gasteiger partial charge on any atom is -0.449 e. The molecule has 0 spiro atoms. The fraction of sp³-hybridized carbons (Fsp3) is 0.528. The van der Waals surface area contributed by atoms with Gasteiger partial charge in [0, 0.05) is 42.5 Å². The van der Waals surface area contributed by atoms with Gasteiger partial charge >= 0.3 is 6.09 Å². The molecule has 2 aromatic carbocycles. The molecular weight excluding hydrogens is 633 g/mol. The van der Waals surface area contributed by atoms with E-state index in [1.54, 1.807) is 26.5 Å². The Hall–Kier alpha value is -2.99. The topological polar surface area (TPSA) is 123 Å². The molecular formula is C36H52N4O5S2. The van der Waals surface area contributed by atoms with Crippen molar-refractivity contribution >= 4 is 57.3 Å². The first kappa shape index (κ1) is 38.5. The first-order valence-corrected chi connectivity index (χ1v) is 18.8. The number of ether oxygens (including phenoxy) is 2. The maximum Gasteiger partial charge on any atom is 0.407 e. The standard InChI is InChI=1S/C36H52N4O5S2/c1-26(36(5,6)37)25-45-35(3,4)23-27(2)39-34(43)44-20-22-47-46-21-19-38-32(41)17-18-33(42)40-24-30-13-8-7-11-28(30)15-16-29-12-9-10-14-31(29)40/h7-16,26-27H,17-25,37H2,1-6H3,(H,38,41)(H,39,43)/b16-15-. The molecule has 0 aliphatic carbocycles. The van der Waals surface area contributed by atoms with E-state index in [0.29, 0.717) is 37.6 Å². The van der Waals surface area contributed by atoms with Gasteiger partial charge in [0.15, 0.2) is 0 Å². The summed E-state index contributed by atoms with van der Waals surface area (Å²) in [5.74, 6) is 1.30. The van der Waals surface area contributed by atoms with Gasteiger partial charge in [0.2, 0.25) is 11.8 Å². The second kappa shape index (κ2) is 18.5. The maximum absolute atomic E-state index is 13.3. The van der Waals surface area contributed by atoms with E-state index in [9.17, 15) is 14.4 Å². The van der Waals surface area contributed by atoms with E-state index in [4.69, 9.17) is 15.2 Å². The zero-order valence-corrected chi connectivity index (χ0v) is 30.3. The number of nitrogens with one attached hydrogen (secondary N) is 2. The number of anilines is 1. The Bertz CT molecular complexity index is 1360. The van der Waals surface area contributed by atoms with E-state index in [-0.39, 0.29) is 48.8 Å². The van der Waals surface area contributed by atoms with Gasteiger partial charge in [-0.15, -0.1) is 0 Å². The van der Waals surface area contributed by atoms with Crippen LogP contribution in [0, 0.1) is 5.92 Å². The lowest BCUT2D eigenvalue weighted by Crippen LogP contribution is -2.44. The van der Waals surface area contributed by atoms with Gasteiger partial charge in [0.1, 0.15) is 6.61 Å². The molecule has 0 saturated heterocycles. The Kier molecular flexibility index (Phi) is 15.2. The van der Waals surface area contributed by atoms with Crippen LogP contribution in [0.2, 0.25) is 0 Å². The third-order valence-corrected chi connectivity index (χ3v) is 10.4. The van der Waals surface area contributed by atoms with Crippen LogP contribution in [0.4, 0.5) is 10.5 Å².